The molecule has 5 heteroatoms. The van der Waals surface area contributed by atoms with E-state index in [1.54, 1.807) is 21.3 Å². The van der Waals surface area contributed by atoms with Crippen LogP contribution in [0.25, 0.3) is 11.1 Å². The van der Waals surface area contributed by atoms with Gasteiger partial charge in [0.15, 0.2) is 23.0 Å². The van der Waals surface area contributed by atoms with Crippen LogP contribution in [-0.4, -0.2) is 40.0 Å². The van der Waals surface area contributed by atoms with Crippen molar-refractivity contribution in [2.45, 2.75) is 18.9 Å². The molecule has 0 amide bonds. The molecule has 132 valence electrons. The first-order valence-corrected chi connectivity index (χ1v) is 8.59. The molecule has 0 fully saturated rings. The Balaban J connectivity index is 2.05. The summed E-state index contributed by atoms with van der Waals surface area (Å²) in [5.41, 5.74) is 5.60. The van der Waals surface area contributed by atoms with E-state index < -0.39 is 0 Å². The molecule has 0 spiro atoms. The average Bonchev–Trinajstić information content (AvgIpc) is 2.64. The molecule has 1 unspecified atom stereocenters. The minimum absolute atomic E-state index is 0.217. The maximum absolute atomic E-state index is 10.9. The lowest BCUT2D eigenvalue weighted by molar-refractivity contribution is -0.914. The largest absolute Gasteiger partial charge is 0.504 e. The molecule has 0 bridgehead atoms. The summed E-state index contributed by atoms with van der Waals surface area (Å²) < 4.78 is 16.4. The van der Waals surface area contributed by atoms with E-state index in [0.29, 0.717) is 17.5 Å². The Labute approximate surface area is 147 Å². The molecule has 1 heterocycles. The van der Waals surface area contributed by atoms with Crippen LogP contribution in [0.2, 0.25) is 0 Å². The quantitative estimate of drug-likeness (QED) is 0.892. The lowest BCUT2D eigenvalue weighted by atomic mass is 9.76. The number of aromatic hydroxyl groups is 1. The van der Waals surface area contributed by atoms with E-state index in [9.17, 15) is 5.11 Å². The Hall–Kier alpha value is -2.40. The van der Waals surface area contributed by atoms with Crippen molar-refractivity contribution >= 4 is 0 Å². The zero-order chi connectivity index (χ0) is 17.7. The predicted molar refractivity (Wildman–Crippen MR) is 95.1 cm³/mol. The summed E-state index contributed by atoms with van der Waals surface area (Å²) in [4.78, 5) is 1.47. The van der Waals surface area contributed by atoms with Gasteiger partial charge in [-0.2, -0.15) is 0 Å². The van der Waals surface area contributed by atoms with E-state index in [2.05, 4.69) is 7.05 Å². The molecule has 2 aromatic rings. The van der Waals surface area contributed by atoms with Gasteiger partial charge >= 0.3 is 0 Å². The van der Waals surface area contributed by atoms with Crippen LogP contribution >= 0.6 is 0 Å². The SMILES string of the molecule is COc1cc2c(cc1OC)-c1c(O)c(OC)cc3c1[C@@H](C2)[NH+](C)CC3. The van der Waals surface area contributed by atoms with E-state index in [0.717, 1.165) is 36.3 Å². The number of hydrogen-bond donors (Lipinski definition) is 2. The number of quaternary nitrogens is 1. The lowest BCUT2D eigenvalue weighted by Gasteiger charge is -2.37. The van der Waals surface area contributed by atoms with Gasteiger partial charge in [-0.25, -0.2) is 0 Å². The highest BCUT2D eigenvalue weighted by molar-refractivity contribution is 5.84. The van der Waals surface area contributed by atoms with E-state index in [1.165, 1.54) is 21.6 Å². The smallest absolute Gasteiger partial charge is 0.166 e. The summed E-state index contributed by atoms with van der Waals surface area (Å²) in [5, 5.41) is 10.9. The summed E-state index contributed by atoms with van der Waals surface area (Å²) in [6.45, 7) is 1.08. The van der Waals surface area contributed by atoms with Crippen molar-refractivity contribution in [2.24, 2.45) is 0 Å². The second kappa shape index (κ2) is 5.85. The van der Waals surface area contributed by atoms with E-state index in [1.807, 2.05) is 18.2 Å². The number of phenolic OH excluding ortho intramolecular Hbond substituents is 1. The summed E-state index contributed by atoms with van der Waals surface area (Å²) >= 11 is 0. The average molecular weight is 342 g/mol. The van der Waals surface area contributed by atoms with Gasteiger partial charge in [-0.05, 0) is 34.9 Å². The molecular formula is C20H24NO4+. The molecule has 2 N–H and O–H groups in total. The summed E-state index contributed by atoms with van der Waals surface area (Å²) in [6, 6.07) is 6.35. The van der Waals surface area contributed by atoms with Crippen molar-refractivity contribution in [3.05, 3.63) is 34.9 Å². The lowest BCUT2D eigenvalue weighted by Crippen LogP contribution is -3.10. The van der Waals surface area contributed by atoms with Gasteiger partial charge in [0.2, 0.25) is 0 Å². The fourth-order valence-electron chi connectivity index (χ4n) is 4.32. The molecule has 25 heavy (non-hydrogen) atoms. The molecular weight excluding hydrogens is 318 g/mol. The zero-order valence-corrected chi connectivity index (χ0v) is 15.1. The molecule has 2 aliphatic rings. The third-order valence-corrected chi connectivity index (χ3v) is 5.65. The van der Waals surface area contributed by atoms with Crippen LogP contribution in [0.4, 0.5) is 0 Å². The highest BCUT2D eigenvalue weighted by atomic mass is 16.5. The standard InChI is InChI=1S/C20H23NO4/c1-21-6-5-11-8-17(25-4)20(22)19-13-10-16(24-3)15(23-2)9-12(13)7-14(21)18(11)19/h8-10,14,22H,5-7H2,1-4H3/p+1/t14-/m1/s1. The Kier molecular flexibility index (Phi) is 3.76. The number of rotatable bonds is 3. The van der Waals surface area contributed by atoms with Crippen LogP contribution in [-0.2, 0) is 12.8 Å². The summed E-state index contributed by atoms with van der Waals surface area (Å²) in [6.07, 6.45) is 1.91. The van der Waals surface area contributed by atoms with Gasteiger partial charge in [0.25, 0.3) is 0 Å². The second-order valence-electron chi connectivity index (χ2n) is 6.84. The topological polar surface area (TPSA) is 52.4 Å². The highest BCUT2D eigenvalue weighted by Gasteiger charge is 2.39. The van der Waals surface area contributed by atoms with Crippen molar-refractivity contribution in [1.82, 2.24) is 0 Å². The number of fused-ring (bicyclic) bond motifs is 2. The van der Waals surface area contributed by atoms with Gasteiger partial charge in [0, 0.05) is 24.0 Å². The minimum Gasteiger partial charge on any atom is -0.504 e. The monoisotopic (exact) mass is 342 g/mol. The van der Waals surface area contributed by atoms with Crippen molar-refractivity contribution in [1.29, 1.82) is 0 Å². The van der Waals surface area contributed by atoms with Crippen molar-refractivity contribution in [3.8, 4) is 34.1 Å². The number of ether oxygens (including phenoxy) is 3. The Morgan fingerprint density at radius 2 is 1.60 bits per heavy atom. The Morgan fingerprint density at radius 3 is 2.28 bits per heavy atom. The molecule has 4 rings (SSSR count). The van der Waals surface area contributed by atoms with Crippen molar-refractivity contribution in [3.63, 3.8) is 0 Å². The first-order valence-electron chi connectivity index (χ1n) is 8.59. The molecule has 0 saturated heterocycles. The third-order valence-electron chi connectivity index (χ3n) is 5.65. The molecule has 2 aromatic carbocycles. The Bertz CT molecular complexity index is 846. The van der Waals surface area contributed by atoms with Crippen LogP contribution in [0.3, 0.4) is 0 Å². The highest BCUT2D eigenvalue weighted by Crippen LogP contribution is 2.51. The fraction of sp³-hybridized carbons (Fsp3) is 0.400. The summed E-state index contributed by atoms with van der Waals surface area (Å²) in [5.74, 6) is 2.15. The van der Waals surface area contributed by atoms with Gasteiger partial charge in [-0.15, -0.1) is 0 Å². The minimum atomic E-state index is 0.217. The number of methoxy groups -OCH3 is 3. The van der Waals surface area contributed by atoms with Crippen molar-refractivity contribution in [2.75, 3.05) is 34.9 Å². The maximum Gasteiger partial charge on any atom is 0.166 e. The molecule has 1 aliphatic carbocycles. The van der Waals surface area contributed by atoms with Gasteiger partial charge in [-0.3, -0.25) is 0 Å². The van der Waals surface area contributed by atoms with Crippen LogP contribution in [0.5, 0.6) is 23.0 Å². The second-order valence-corrected chi connectivity index (χ2v) is 6.84. The molecule has 5 nitrogen and oxygen atoms in total. The van der Waals surface area contributed by atoms with Gasteiger partial charge < -0.3 is 24.2 Å². The van der Waals surface area contributed by atoms with E-state index in [-0.39, 0.29) is 5.75 Å². The van der Waals surface area contributed by atoms with E-state index >= 15 is 0 Å². The van der Waals surface area contributed by atoms with Crippen LogP contribution in [0, 0.1) is 0 Å². The van der Waals surface area contributed by atoms with Crippen LogP contribution < -0.4 is 19.1 Å². The first-order chi connectivity index (χ1) is 12.1. The molecule has 2 atom stereocenters. The van der Waals surface area contributed by atoms with Gasteiger partial charge in [0.1, 0.15) is 6.04 Å². The molecule has 0 radical (unpaired) electrons. The van der Waals surface area contributed by atoms with Crippen LogP contribution in [0.1, 0.15) is 22.7 Å². The van der Waals surface area contributed by atoms with E-state index in [4.69, 9.17) is 14.2 Å². The molecule has 0 saturated carbocycles. The number of likely N-dealkylation sites (N-methyl/N-ethyl adjacent to an activating group) is 1. The van der Waals surface area contributed by atoms with Gasteiger partial charge in [-0.1, -0.05) is 0 Å². The zero-order valence-electron chi connectivity index (χ0n) is 15.1. The normalized spacial score (nSPS) is 20.5. The number of hydrogen-bond acceptors (Lipinski definition) is 4. The maximum atomic E-state index is 10.9. The molecule has 0 aromatic heterocycles. The molecule has 1 aliphatic heterocycles. The van der Waals surface area contributed by atoms with Crippen LogP contribution in [0.15, 0.2) is 18.2 Å². The van der Waals surface area contributed by atoms with Crippen molar-refractivity contribution < 1.29 is 24.2 Å². The Morgan fingerprint density at radius 1 is 0.960 bits per heavy atom. The van der Waals surface area contributed by atoms with Gasteiger partial charge in [0.05, 0.1) is 34.9 Å². The summed E-state index contributed by atoms with van der Waals surface area (Å²) in [7, 11) is 7.11. The number of phenols is 1. The predicted octanol–water partition coefficient (Wildman–Crippen LogP) is 1.75. The number of nitrogens with one attached hydrogen (secondary N) is 1. The number of benzene rings is 2. The fourth-order valence-corrected chi connectivity index (χ4v) is 4.32. The third kappa shape index (κ3) is 2.26. The first kappa shape index (κ1) is 16.1.